The van der Waals surface area contributed by atoms with Crippen molar-refractivity contribution >= 4 is 33.4 Å². The van der Waals surface area contributed by atoms with Crippen LogP contribution in [0.4, 0.5) is 0 Å². The summed E-state index contributed by atoms with van der Waals surface area (Å²) in [6.45, 7) is 2.66. The number of rotatable bonds is 2. The summed E-state index contributed by atoms with van der Waals surface area (Å²) in [7, 11) is 0. The molecular formula is C12H13BrClNO2. The first kappa shape index (κ1) is 12.9. The van der Waals surface area contributed by atoms with Crippen LogP contribution in [0, 0.1) is 0 Å². The molecule has 0 aliphatic carbocycles. The minimum absolute atomic E-state index is 0.0709. The fraction of sp³-hybridized carbons (Fsp3) is 0.417. The molecular weight excluding hydrogens is 305 g/mol. The maximum absolute atomic E-state index is 12.0. The van der Waals surface area contributed by atoms with E-state index in [0.717, 1.165) is 10.9 Å². The van der Waals surface area contributed by atoms with Gasteiger partial charge < -0.3 is 10.1 Å². The average Bonchev–Trinajstić information content (AvgIpc) is 2.63. The molecule has 0 aromatic heterocycles. The summed E-state index contributed by atoms with van der Waals surface area (Å²) in [5.41, 5.74) is 0.559. The molecule has 17 heavy (non-hydrogen) atoms. The molecule has 1 saturated heterocycles. The van der Waals surface area contributed by atoms with Crippen molar-refractivity contribution in [3.63, 3.8) is 0 Å². The molecule has 0 radical (unpaired) electrons. The van der Waals surface area contributed by atoms with Crippen LogP contribution >= 0.6 is 27.5 Å². The number of amides is 1. The first-order valence-corrected chi connectivity index (χ1v) is 6.62. The van der Waals surface area contributed by atoms with Gasteiger partial charge >= 0.3 is 0 Å². The molecule has 2 unspecified atom stereocenters. The van der Waals surface area contributed by atoms with E-state index in [-0.39, 0.29) is 18.1 Å². The summed E-state index contributed by atoms with van der Waals surface area (Å²) in [5.74, 6) is -0.115. The number of nitrogens with one attached hydrogen (secondary N) is 1. The van der Waals surface area contributed by atoms with E-state index >= 15 is 0 Å². The molecule has 1 aromatic carbocycles. The normalized spacial score (nSPS) is 23.7. The van der Waals surface area contributed by atoms with E-state index in [2.05, 4.69) is 21.2 Å². The molecule has 0 saturated carbocycles. The number of benzene rings is 1. The van der Waals surface area contributed by atoms with Crippen molar-refractivity contribution < 1.29 is 9.53 Å². The lowest BCUT2D eigenvalue weighted by Gasteiger charge is -2.16. The Labute approximate surface area is 114 Å². The standard InChI is InChI=1S/C12H13BrClNO2/c1-7-11(2-3-17-7)15-12(16)8-4-9(13)6-10(14)5-8/h4-7,11H,2-3H2,1H3,(H,15,16). The molecule has 3 nitrogen and oxygen atoms in total. The van der Waals surface area contributed by atoms with Gasteiger partial charge in [-0.3, -0.25) is 4.79 Å². The van der Waals surface area contributed by atoms with Crippen molar-refractivity contribution in [3.8, 4) is 0 Å². The molecule has 1 fully saturated rings. The highest BCUT2D eigenvalue weighted by Crippen LogP contribution is 2.20. The number of carbonyl (C=O) groups excluding carboxylic acids is 1. The van der Waals surface area contributed by atoms with Crippen molar-refractivity contribution in [1.82, 2.24) is 5.32 Å². The van der Waals surface area contributed by atoms with E-state index in [0.29, 0.717) is 17.2 Å². The molecule has 0 spiro atoms. The summed E-state index contributed by atoms with van der Waals surface area (Å²) in [4.78, 5) is 12.0. The highest BCUT2D eigenvalue weighted by atomic mass is 79.9. The van der Waals surface area contributed by atoms with E-state index in [1.807, 2.05) is 6.92 Å². The molecule has 92 valence electrons. The SMILES string of the molecule is CC1OCCC1NC(=O)c1cc(Cl)cc(Br)c1. The lowest BCUT2D eigenvalue weighted by atomic mass is 10.1. The van der Waals surface area contributed by atoms with Crippen LogP contribution < -0.4 is 5.32 Å². The molecule has 2 rings (SSSR count). The van der Waals surface area contributed by atoms with Crippen molar-refractivity contribution in [2.24, 2.45) is 0 Å². The van der Waals surface area contributed by atoms with Crippen molar-refractivity contribution in [2.75, 3.05) is 6.61 Å². The fourth-order valence-corrected chi connectivity index (χ4v) is 2.72. The second kappa shape index (κ2) is 5.38. The van der Waals surface area contributed by atoms with Gasteiger partial charge in [0.1, 0.15) is 0 Å². The Morgan fingerprint density at radius 2 is 2.29 bits per heavy atom. The minimum atomic E-state index is -0.115. The zero-order valence-corrected chi connectivity index (χ0v) is 11.7. The number of carbonyl (C=O) groups is 1. The van der Waals surface area contributed by atoms with Crippen LogP contribution in [0.2, 0.25) is 5.02 Å². The van der Waals surface area contributed by atoms with Gasteiger partial charge in [0, 0.05) is 21.7 Å². The lowest BCUT2D eigenvalue weighted by Crippen LogP contribution is -2.39. The van der Waals surface area contributed by atoms with E-state index in [9.17, 15) is 4.79 Å². The van der Waals surface area contributed by atoms with Gasteiger partial charge in [0.05, 0.1) is 12.1 Å². The quantitative estimate of drug-likeness (QED) is 0.910. The third-order valence-electron chi connectivity index (χ3n) is 2.82. The second-order valence-corrected chi connectivity index (χ2v) is 5.45. The summed E-state index contributed by atoms with van der Waals surface area (Å²) in [5, 5.41) is 3.50. The van der Waals surface area contributed by atoms with Crippen molar-refractivity contribution in [2.45, 2.75) is 25.5 Å². The summed E-state index contributed by atoms with van der Waals surface area (Å²) < 4.78 is 6.20. The summed E-state index contributed by atoms with van der Waals surface area (Å²) >= 11 is 9.22. The monoisotopic (exact) mass is 317 g/mol. The van der Waals surface area contributed by atoms with Crippen LogP contribution in [0.25, 0.3) is 0 Å². The number of hydrogen-bond donors (Lipinski definition) is 1. The largest absolute Gasteiger partial charge is 0.376 e. The number of hydrogen-bond acceptors (Lipinski definition) is 2. The molecule has 2 atom stereocenters. The van der Waals surface area contributed by atoms with Gasteiger partial charge in [-0.05, 0) is 31.5 Å². The van der Waals surface area contributed by atoms with Gasteiger partial charge in [0.15, 0.2) is 0 Å². The van der Waals surface area contributed by atoms with Gasteiger partial charge in [-0.15, -0.1) is 0 Å². The van der Waals surface area contributed by atoms with Crippen LogP contribution in [0.15, 0.2) is 22.7 Å². The number of halogens is 2. The summed E-state index contributed by atoms with van der Waals surface area (Å²) in [6.07, 6.45) is 0.927. The Hall–Kier alpha value is -0.580. The minimum Gasteiger partial charge on any atom is -0.376 e. The molecule has 1 heterocycles. The fourth-order valence-electron chi connectivity index (χ4n) is 1.86. The zero-order valence-electron chi connectivity index (χ0n) is 9.37. The molecule has 1 aromatic rings. The van der Waals surface area contributed by atoms with Gasteiger partial charge in [-0.25, -0.2) is 0 Å². The van der Waals surface area contributed by atoms with Crippen LogP contribution in [0.3, 0.4) is 0 Å². The Bertz CT molecular complexity index is 418. The van der Waals surface area contributed by atoms with Gasteiger partial charge in [0.25, 0.3) is 5.91 Å². The first-order chi connectivity index (χ1) is 8.06. The van der Waals surface area contributed by atoms with E-state index in [4.69, 9.17) is 16.3 Å². The Morgan fingerprint density at radius 1 is 1.53 bits per heavy atom. The second-order valence-electron chi connectivity index (χ2n) is 4.10. The molecule has 0 bridgehead atoms. The molecule has 1 aliphatic heterocycles. The highest BCUT2D eigenvalue weighted by Gasteiger charge is 2.26. The van der Waals surface area contributed by atoms with Gasteiger partial charge in [-0.1, -0.05) is 27.5 Å². The lowest BCUT2D eigenvalue weighted by molar-refractivity contribution is 0.0866. The molecule has 5 heteroatoms. The predicted molar refractivity (Wildman–Crippen MR) is 70.4 cm³/mol. The number of ether oxygens (including phenoxy) is 1. The molecule has 1 N–H and O–H groups in total. The summed E-state index contributed by atoms with van der Waals surface area (Å²) in [6, 6.07) is 5.24. The highest BCUT2D eigenvalue weighted by molar-refractivity contribution is 9.10. The van der Waals surface area contributed by atoms with Crippen molar-refractivity contribution in [3.05, 3.63) is 33.3 Å². The van der Waals surface area contributed by atoms with Crippen LogP contribution in [0.1, 0.15) is 23.7 Å². The maximum Gasteiger partial charge on any atom is 0.251 e. The topological polar surface area (TPSA) is 38.3 Å². The Kier molecular flexibility index (Phi) is 4.07. The van der Waals surface area contributed by atoms with Crippen molar-refractivity contribution in [1.29, 1.82) is 0 Å². The van der Waals surface area contributed by atoms with Gasteiger partial charge in [0.2, 0.25) is 0 Å². The predicted octanol–water partition coefficient (Wildman–Crippen LogP) is 3.01. The first-order valence-electron chi connectivity index (χ1n) is 5.45. The van der Waals surface area contributed by atoms with Gasteiger partial charge in [-0.2, -0.15) is 0 Å². The van der Waals surface area contributed by atoms with E-state index in [1.165, 1.54) is 0 Å². The maximum atomic E-state index is 12.0. The molecule has 1 amide bonds. The van der Waals surface area contributed by atoms with Crippen LogP contribution in [-0.2, 0) is 4.74 Å². The average molecular weight is 319 g/mol. The van der Waals surface area contributed by atoms with E-state index < -0.39 is 0 Å². The van der Waals surface area contributed by atoms with Crippen LogP contribution in [-0.4, -0.2) is 24.7 Å². The third kappa shape index (κ3) is 3.21. The Morgan fingerprint density at radius 3 is 2.88 bits per heavy atom. The van der Waals surface area contributed by atoms with E-state index in [1.54, 1.807) is 18.2 Å². The smallest absolute Gasteiger partial charge is 0.251 e. The van der Waals surface area contributed by atoms with Crippen LogP contribution in [0.5, 0.6) is 0 Å². The molecule has 1 aliphatic rings. The zero-order chi connectivity index (χ0) is 12.4. The Balaban J connectivity index is 2.09. The third-order valence-corrected chi connectivity index (χ3v) is 3.49.